The Morgan fingerprint density at radius 3 is 2.78 bits per heavy atom. The first-order valence-corrected chi connectivity index (χ1v) is 9.14. The molecule has 3 nitrogen and oxygen atoms in total. The van der Waals surface area contributed by atoms with Gasteiger partial charge in [0.15, 0.2) is 0 Å². The predicted octanol–water partition coefficient (Wildman–Crippen LogP) is 4.77. The summed E-state index contributed by atoms with van der Waals surface area (Å²) in [4.78, 5) is 25.9. The zero-order valence-corrected chi connectivity index (χ0v) is 14.4. The summed E-state index contributed by atoms with van der Waals surface area (Å²) in [6.45, 7) is 2.11. The lowest BCUT2D eigenvalue weighted by molar-refractivity contribution is -0.162. The number of allylic oxidation sites excluding steroid dienone is 1. The number of esters is 1. The molecule has 23 heavy (non-hydrogen) atoms. The largest absolute Gasteiger partial charge is 0.465 e. The smallest absolute Gasteiger partial charge is 0.319 e. The zero-order valence-electron chi connectivity index (χ0n) is 13.6. The van der Waals surface area contributed by atoms with E-state index in [-0.39, 0.29) is 11.8 Å². The first kappa shape index (κ1) is 17.8. The molecule has 1 unspecified atom stereocenters. The number of ether oxygens (including phenoxy) is 1. The molecule has 124 valence electrons. The third kappa shape index (κ3) is 4.71. The fourth-order valence-corrected chi connectivity index (χ4v) is 3.67. The van der Waals surface area contributed by atoms with Crippen LogP contribution in [-0.4, -0.2) is 18.4 Å². The fourth-order valence-electron chi connectivity index (χ4n) is 2.97. The Morgan fingerprint density at radius 2 is 2.09 bits per heavy atom. The summed E-state index contributed by atoms with van der Waals surface area (Å²) in [7, 11) is 0. The zero-order chi connectivity index (χ0) is 16.5. The number of Topliss-reactive ketones (excluding diaryl/α,β-unsaturated/α-hetero) is 1. The summed E-state index contributed by atoms with van der Waals surface area (Å²) >= 11 is 1.64. The van der Waals surface area contributed by atoms with E-state index in [1.54, 1.807) is 18.7 Å². The van der Waals surface area contributed by atoms with Gasteiger partial charge in [-0.2, -0.15) is 0 Å². The van der Waals surface area contributed by atoms with Crippen molar-refractivity contribution >= 4 is 23.5 Å². The second-order valence-corrected chi connectivity index (χ2v) is 6.75. The molecule has 1 aromatic carbocycles. The molecule has 4 heteroatoms. The number of thioether (sulfide) groups is 1. The Labute approximate surface area is 142 Å². The summed E-state index contributed by atoms with van der Waals surface area (Å²) in [6, 6.07) is 10.1. The van der Waals surface area contributed by atoms with Gasteiger partial charge in [-0.25, -0.2) is 0 Å². The van der Waals surface area contributed by atoms with Crippen LogP contribution in [-0.2, 0) is 14.3 Å². The van der Waals surface area contributed by atoms with Crippen molar-refractivity contribution in [3.63, 3.8) is 0 Å². The van der Waals surface area contributed by atoms with Crippen LogP contribution in [0.5, 0.6) is 0 Å². The molecular weight excluding hydrogens is 308 g/mol. The number of ketones is 1. The van der Waals surface area contributed by atoms with E-state index in [1.807, 2.05) is 29.7 Å². The summed E-state index contributed by atoms with van der Waals surface area (Å²) in [5, 5.41) is 2.03. The molecule has 1 fully saturated rings. The Hall–Kier alpha value is -1.55. The molecule has 0 radical (unpaired) electrons. The maximum atomic E-state index is 12.4. The Balaban J connectivity index is 1.93. The molecule has 1 saturated carbocycles. The van der Waals surface area contributed by atoms with Crippen molar-refractivity contribution in [2.75, 3.05) is 6.61 Å². The molecule has 0 bridgehead atoms. The average Bonchev–Trinajstić information content (AvgIpc) is 2.57. The maximum Gasteiger partial charge on any atom is 0.319 e. The van der Waals surface area contributed by atoms with Crippen molar-refractivity contribution < 1.29 is 14.3 Å². The highest BCUT2D eigenvalue weighted by Crippen LogP contribution is 2.39. The normalized spacial score (nSPS) is 21.5. The average molecular weight is 332 g/mol. The molecule has 0 aromatic heterocycles. The number of benzene rings is 1. The van der Waals surface area contributed by atoms with Crippen LogP contribution in [0.1, 0.15) is 45.4 Å². The molecule has 0 amide bonds. The minimum atomic E-state index is -0.907. The van der Waals surface area contributed by atoms with E-state index in [9.17, 15) is 9.59 Å². The van der Waals surface area contributed by atoms with Gasteiger partial charge in [-0.1, -0.05) is 42.5 Å². The summed E-state index contributed by atoms with van der Waals surface area (Å²) in [5.74, 6) is -0.264. The summed E-state index contributed by atoms with van der Waals surface area (Å²) in [6.07, 6.45) is 6.25. The Morgan fingerprint density at radius 1 is 1.30 bits per heavy atom. The Kier molecular flexibility index (Phi) is 6.90. The van der Waals surface area contributed by atoms with Crippen LogP contribution in [0.2, 0.25) is 0 Å². The van der Waals surface area contributed by atoms with Gasteiger partial charge in [0, 0.05) is 11.3 Å². The Bertz CT molecular complexity index is 553. The molecule has 1 aliphatic rings. The van der Waals surface area contributed by atoms with Crippen molar-refractivity contribution in [2.24, 2.45) is 5.41 Å². The third-order valence-electron chi connectivity index (χ3n) is 4.24. The molecule has 0 aliphatic heterocycles. The lowest BCUT2D eigenvalue weighted by Crippen LogP contribution is -2.42. The molecule has 0 saturated heterocycles. The van der Waals surface area contributed by atoms with Crippen LogP contribution >= 0.6 is 11.8 Å². The first-order valence-electron chi connectivity index (χ1n) is 8.26. The molecular formula is C19H24O3S. The highest BCUT2D eigenvalue weighted by atomic mass is 32.2. The van der Waals surface area contributed by atoms with E-state index in [1.165, 1.54) is 4.90 Å². The maximum absolute atomic E-state index is 12.4. The van der Waals surface area contributed by atoms with Crippen LogP contribution in [0.15, 0.2) is 46.7 Å². The number of carbonyl (C=O) groups is 2. The van der Waals surface area contributed by atoms with Gasteiger partial charge < -0.3 is 4.74 Å². The van der Waals surface area contributed by atoms with Crippen molar-refractivity contribution in [1.82, 2.24) is 0 Å². The molecule has 0 N–H and O–H groups in total. The van der Waals surface area contributed by atoms with Gasteiger partial charge in [-0.15, -0.1) is 0 Å². The van der Waals surface area contributed by atoms with Gasteiger partial charge in [0.05, 0.1) is 6.61 Å². The van der Waals surface area contributed by atoms with Gasteiger partial charge in [-0.3, -0.25) is 9.59 Å². The van der Waals surface area contributed by atoms with Crippen LogP contribution in [0.3, 0.4) is 0 Å². The van der Waals surface area contributed by atoms with Crippen molar-refractivity contribution in [3.05, 3.63) is 41.8 Å². The number of carbonyl (C=O) groups excluding carboxylic acids is 2. The number of hydrogen-bond acceptors (Lipinski definition) is 4. The number of rotatable bonds is 7. The first-order chi connectivity index (χ1) is 11.2. The molecule has 1 aromatic rings. The topological polar surface area (TPSA) is 43.4 Å². The van der Waals surface area contributed by atoms with Crippen molar-refractivity contribution in [2.45, 2.75) is 50.3 Å². The minimum Gasteiger partial charge on any atom is -0.465 e. The van der Waals surface area contributed by atoms with E-state index in [2.05, 4.69) is 12.1 Å². The SMILES string of the molecule is CCOC(=O)C1(CC/C=C/Sc2ccccc2)CCCCC1=O. The standard InChI is InChI=1S/C19H24O3S/c1-2-22-18(21)19(13-7-6-12-17(19)20)14-8-9-15-23-16-10-4-3-5-11-16/h3-5,9-11,15H,2,6-8,12-14H2,1H3/b15-9+. The van der Waals surface area contributed by atoms with E-state index >= 15 is 0 Å². The van der Waals surface area contributed by atoms with E-state index < -0.39 is 5.41 Å². The quantitative estimate of drug-likeness (QED) is 0.410. The fraction of sp³-hybridized carbons (Fsp3) is 0.474. The van der Waals surface area contributed by atoms with Crippen LogP contribution < -0.4 is 0 Å². The lowest BCUT2D eigenvalue weighted by Gasteiger charge is -2.33. The molecule has 1 aliphatic carbocycles. The van der Waals surface area contributed by atoms with Crippen molar-refractivity contribution in [1.29, 1.82) is 0 Å². The van der Waals surface area contributed by atoms with Gasteiger partial charge in [0.2, 0.25) is 0 Å². The second kappa shape index (κ2) is 8.92. The van der Waals surface area contributed by atoms with Crippen LogP contribution in [0.4, 0.5) is 0 Å². The van der Waals surface area contributed by atoms with Gasteiger partial charge >= 0.3 is 5.97 Å². The molecule has 2 rings (SSSR count). The van der Waals surface area contributed by atoms with Gasteiger partial charge in [0.1, 0.15) is 11.2 Å². The molecule has 0 heterocycles. The molecule has 0 spiro atoms. The van der Waals surface area contributed by atoms with Gasteiger partial charge in [0.25, 0.3) is 0 Å². The van der Waals surface area contributed by atoms with Crippen LogP contribution in [0.25, 0.3) is 0 Å². The lowest BCUT2D eigenvalue weighted by atomic mass is 9.70. The van der Waals surface area contributed by atoms with Crippen molar-refractivity contribution in [3.8, 4) is 0 Å². The highest BCUT2D eigenvalue weighted by molar-refractivity contribution is 8.02. The second-order valence-electron chi connectivity index (χ2n) is 5.77. The highest BCUT2D eigenvalue weighted by Gasteiger charge is 2.46. The molecule has 1 atom stereocenters. The van der Waals surface area contributed by atoms with Crippen LogP contribution in [0, 0.1) is 5.41 Å². The monoisotopic (exact) mass is 332 g/mol. The minimum absolute atomic E-state index is 0.0614. The summed E-state index contributed by atoms with van der Waals surface area (Å²) < 4.78 is 5.19. The van der Waals surface area contributed by atoms with E-state index in [4.69, 9.17) is 4.74 Å². The van der Waals surface area contributed by atoms with E-state index in [0.29, 0.717) is 32.3 Å². The van der Waals surface area contributed by atoms with E-state index in [0.717, 1.165) is 12.8 Å². The van der Waals surface area contributed by atoms with Gasteiger partial charge in [-0.05, 0) is 50.1 Å². The third-order valence-corrected chi connectivity index (χ3v) is 5.11. The predicted molar refractivity (Wildman–Crippen MR) is 93.2 cm³/mol. The summed E-state index contributed by atoms with van der Waals surface area (Å²) in [5.41, 5.74) is -0.907. The number of hydrogen-bond donors (Lipinski definition) is 0.